The molecule has 0 atom stereocenters. The number of fused-ring (bicyclic) bond motifs is 2. The third kappa shape index (κ3) is 4.10. The van der Waals surface area contributed by atoms with Crippen molar-refractivity contribution in [3.8, 4) is 11.5 Å². The molecular weight excluding hydrogens is 416 g/mol. The number of rotatable bonds is 4. The van der Waals surface area contributed by atoms with E-state index < -0.39 is 0 Å². The highest BCUT2D eigenvalue weighted by Gasteiger charge is 2.29. The lowest BCUT2D eigenvalue weighted by molar-refractivity contribution is 0.0986. The van der Waals surface area contributed by atoms with Crippen molar-refractivity contribution >= 4 is 40.2 Å². The maximum Gasteiger partial charge on any atom is 0.259 e. The normalized spacial score (nSPS) is 13.9. The van der Waals surface area contributed by atoms with Crippen molar-refractivity contribution in [1.82, 2.24) is 9.97 Å². The van der Waals surface area contributed by atoms with Gasteiger partial charge in [-0.15, -0.1) is 0 Å². The molecule has 0 aliphatic carbocycles. The first-order valence-corrected chi connectivity index (χ1v) is 10.6. The second kappa shape index (κ2) is 8.59. The molecule has 0 spiro atoms. The number of anilines is 2. The molecule has 0 radical (unpaired) electrons. The fourth-order valence-corrected chi connectivity index (χ4v) is 3.90. The first kappa shape index (κ1) is 21.2. The molecule has 0 saturated heterocycles. The molecule has 0 bridgehead atoms. The van der Waals surface area contributed by atoms with Crippen molar-refractivity contribution in [3.63, 3.8) is 0 Å². The molecule has 1 amide bonds. The molecule has 31 heavy (non-hydrogen) atoms. The van der Waals surface area contributed by atoms with E-state index in [1.165, 1.54) is 7.11 Å². The molecule has 1 aromatic heterocycles. The molecule has 8 heteroatoms. The van der Waals surface area contributed by atoms with Gasteiger partial charge < -0.3 is 14.4 Å². The molecule has 0 saturated carbocycles. The van der Waals surface area contributed by atoms with Gasteiger partial charge in [0.25, 0.3) is 5.91 Å². The van der Waals surface area contributed by atoms with Gasteiger partial charge in [-0.05, 0) is 44.5 Å². The lowest BCUT2D eigenvalue weighted by Crippen LogP contribution is -2.32. The number of amides is 1. The van der Waals surface area contributed by atoms with Gasteiger partial charge in [0, 0.05) is 25.7 Å². The first-order valence-electron chi connectivity index (χ1n) is 10.2. The van der Waals surface area contributed by atoms with Crippen LogP contribution in [0, 0.1) is 0 Å². The molecule has 0 fully saturated rings. The van der Waals surface area contributed by atoms with Crippen LogP contribution >= 0.6 is 11.6 Å². The summed E-state index contributed by atoms with van der Waals surface area (Å²) in [5.41, 5.74) is 1.94. The summed E-state index contributed by atoms with van der Waals surface area (Å²) in [5.74, 6) is 1.86. The Morgan fingerprint density at radius 1 is 1.10 bits per heavy atom. The second-order valence-corrected chi connectivity index (χ2v) is 8.15. The van der Waals surface area contributed by atoms with Gasteiger partial charge in [0.05, 0.1) is 29.3 Å². The number of carbonyl (C=O) groups excluding carboxylic acids is 1. The molecule has 0 unspecified atom stereocenters. The molecule has 1 aliphatic heterocycles. The van der Waals surface area contributed by atoms with Crippen molar-refractivity contribution in [2.75, 3.05) is 37.0 Å². The van der Waals surface area contributed by atoms with Gasteiger partial charge in [-0.2, -0.15) is 0 Å². The fraction of sp³-hybridized carbons (Fsp3) is 0.348. The number of carbonyl (C=O) groups is 1. The highest BCUT2D eigenvalue weighted by Crippen LogP contribution is 2.38. The van der Waals surface area contributed by atoms with Crippen LogP contribution in [0.25, 0.3) is 11.0 Å². The quantitative estimate of drug-likeness (QED) is 0.592. The number of ether oxygens (including phenoxy) is 2. The van der Waals surface area contributed by atoms with E-state index in [4.69, 9.17) is 31.0 Å². The maximum atomic E-state index is 13.6. The molecule has 162 valence electrons. The first-order chi connectivity index (χ1) is 14.9. The SMILES string of the molecule is COc1cc(C(=O)N2CCCN(C)c3nc4ccccc4nc32)cc(Cl)c1OC(C)C. The third-order valence-electron chi connectivity index (χ3n) is 5.10. The molecule has 7 nitrogen and oxygen atoms in total. The summed E-state index contributed by atoms with van der Waals surface area (Å²) in [6.07, 6.45) is 0.709. The Morgan fingerprint density at radius 2 is 1.77 bits per heavy atom. The average molecular weight is 441 g/mol. The number of hydrogen-bond acceptors (Lipinski definition) is 6. The predicted octanol–water partition coefficient (Wildman–Crippen LogP) is 4.57. The highest BCUT2D eigenvalue weighted by molar-refractivity contribution is 6.33. The molecule has 2 heterocycles. The Kier molecular flexibility index (Phi) is 5.87. The largest absolute Gasteiger partial charge is 0.493 e. The second-order valence-electron chi connectivity index (χ2n) is 7.75. The Balaban J connectivity index is 1.79. The van der Waals surface area contributed by atoms with E-state index in [1.54, 1.807) is 17.0 Å². The zero-order valence-corrected chi connectivity index (χ0v) is 18.8. The molecule has 1 aliphatic rings. The number of halogens is 1. The highest BCUT2D eigenvalue weighted by atomic mass is 35.5. The van der Waals surface area contributed by atoms with Crippen LogP contribution in [0.3, 0.4) is 0 Å². The van der Waals surface area contributed by atoms with E-state index in [-0.39, 0.29) is 12.0 Å². The van der Waals surface area contributed by atoms with Gasteiger partial charge >= 0.3 is 0 Å². The Bertz CT molecular complexity index is 1140. The lowest BCUT2D eigenvalue weighted by Gasteiger charge is -2.23. The lowest BCUT2D eigenvalue weighted by atomic mass is 10.1. The Hall–Kier alpha value is -3.06. The summed E-state index contributed by atoms with van der Waals surface area (Å²) < 4.78 is 11.2. The number of benzene rings is 2. The Morgan fingerprint density at radius 3 is 2.42 bits per heavy atom. The van der Waals surface area contributed by atoms with E-state index >= 15 is 0 Å². The minimum absolute atomic E-state index is 0.0791. The molecule has 3 aromatic rings. The topological polar surface area (TPSA) is 67.8 Å². The number of nitrogens with zero attached hydrogens (tertiary/aromatic N) is 4. The van der Waals surface area contributed by atoms with Crippen molar-refractivity contribution < 1.29 is 14.3 Å². The maximum absolute atomic E-state index is 13.6. The van der Waals surface area contributed by atoms with Crippen LogP contribution in [-0.4, -0.2) is 49.2 Å². The minimum Gasteiger partial charge on any atom is -0.493 e. The third-order valence-corrected chi connectivity index (χ3v) is 5.38. The van der Waals surface area contributed by atoms with Crippen LogP contribution < -0.4 is 19.3 Å². The monoisotopic (exact) mass is 440 g/mol. The standard InChI is InChI=1S/C23H25ClN4O3/c1-14(2)31-20-16(24)12-15(13-19(20)30-4)23(29)28-11-7-10-27(3)21-22(28)26-18-9-6-5-8-17(18)25-21/h5-6,8-9,12-14H,7,10-11H2,1-4H3. The predicted molar refractivity (Wildman–Crippen MR) is 123 cm³/mol. The van der Waals surface area contributed by atoms with E-state index in [1.807, 2.05) is 50.1 Å². The van der Waals surface area contributed by atoms with Crippen LogP contribution in [0.2, 0.25) is 5.02 Å². The molecule has 4 rings (SSSR count). The van der Waals surface area contributed by atoms with Crippen molar-refractivity contribution in [1.29, 1.82) is 0 Å². The number of para-hydroxylation sites is 2. The summed E-state index contributed by atoms with van der Waals surface area (Å²) in [6.45, 7) is 5.10. The summed E-state index contributed by atoms with van der Waals surface area (Å²) >= 11 is 6.46. The van der Waals surface area contributed by atoms with Gasteiger partial charge in [-0.3, -0.25) is 9.69 Å². The summed E-state index contributed by atoms with van der Waals surface area (Å²) in [4.78, 5) is 26.9. The van der Waals surface area contributed by atoms with Crippen LogP contribution in [0.4, 0.5) is 11.6 Å². The van der Waals surface area contributed by atoms with Gasteiger partial charge in [0.1, 0.15) is 0 Å². The summed E-state index contributed by atoms with van der Waals surface area (Å²) in [7, 11) is 3.50. The minimum atomic E-state index is -0.211. The van der Waals surface area contributed by atoms with Gasteiger partial charge in [0.15, 0.2) is 23.1 Å². The Labute approximate surface area is 186 Å². The average Bonchev–Trinajstić information content (AvgIpc) is 2.91. The molecule has 2 aromatic carbocycles. The van der Waals surface area contributed by atoms with Gasteiger partial charge in [-0.1, -0.05) is 23.7 Å². The van der Waals surface area contributed by atoms with E-state index in [0.29, 0.717) is 40.3 Å². The zero-order valence-electron chi connectivity index (χ0n) is 18.1. The van der Waals surface area contributed by atoms with Crippen molar-refractivity contribution in [2.45, 2.75) is 26.4 Å². The van der Waals surface area contributed by atoms with Crippen LogP contribution in [0.15, 0.2) is 36.4 Å². The zero-order chi connectivity index (χ0) is 22.1. The fourth-order valence-electron chi connectivity index (χ4n) is 3.64. The van der Waals surface area contributed by atoms with Crippen LogP contribution in [0.1, 0.15) is 30.6 Å². The summed E-state index contributed by atoms with van der Waals surface area (Å²) in [6, 6.07) is 10.9. The van der Waals surface area contributed by atoms with E-state index in [0.717, 1.165) is 24.0 Å². The summed E-state index contributed by atoms with van der Waals surface area (Å²) in [5, 5.41) is 0.327. The van der Waals surface area contributed by atoms with Crippen molar-refractivity contribution in [2.24, 2.45) is 0 Å². The van der Waals surface area contributed by atoms with Gasteiger partial charge in [0.2, 0.25) is 0 Å². The van der Waals surface area contributed by atoms with Crippen molar-refractivity contribution in [3.05, 3.63) is 47.0 Å². The smallest absolute Gasteiger partial charge is 0.259 e. The van der Waals surface area contributed by atoms with Gasteiger partial charge in [-0.25, -0.2) is 9.97 Å². The number of aromatic nitrogens is 2. The molecular formula is C23H25ClN4O3. The molecule has 0 N–H and O–H groups in total. The number of methoxy groups -OCH3 is 1. The van der Waals surface area contributed by atoms with Crippen LogP contribution in [-0.2, 0) is 0 Å². The van der Waals surface area contributed by atoms with Crippen LogP contribution in [0.5, 0.6) is 11.5 Å². The van der Waals surface area contributed by atoms with E-state index in [9.17, 15) is 4.79 Å². The van der Waals surface area contributed by atoms with E-state index in [2.05, 4.69) is 0 Å². The number of hydrogen-bond donors (Lipinski definition) is 0.